The molecule has 0 saturated heterocycles. The van der Waals surface area contributed by atoms with Crippen molar-refractivity contribution in [2.45, 2.75) is 0 Å². The van der Waals surface area contributed by atoms with Crippen molar-refractivity contribution < 1.29 is 0 Å². The smallest absolute Gasteiger partial charge is 0.0485 e. The van der Waals surface area contributed by atoms with Crippen molar-refractivity contribution in [2.75, 3.05) is 0 Å². The fraction of sp³-hybridized carbons (Fsp3) is 0. The first-order valence-corrected chi connectivity index (χ1v) is 7.29. The Balaban J connectivity index is 1.93. The van der Waals surface area contributed by atoms with Crippen molar-refractivity contribution >= 4 is 28.8 Å². The molecule has 3 heteroatoms. The first-order valence-electron chi connectivity index (χ1n) is 6.53. The molecule has 3 rings (SSSR count). The van der Waals surface area contributed by atoms with Gasteiger partial charge in [0.1, 0.15) is 0 Å². The van der Waals surface area contributed by atoms with E-state index in [1.165, 1.54) is 0 Å². The van der Waals surface area contributed by atoms with Gasteiger partial charge < -0.3 is 4.57 Å². The molecule has 104 valence electrons. The van der Waals surface area contributed by atoms with Crippen LogP contribution in [0.2, 0.25) is 10.0 Å². The fourth-order valence-corrected chi connectivity index (χ4v) is 2.63. The van der Waals surface area contributed by atoms with Crippen LogP contribution in [0.4, 0.5) is 0 Å². The van der Waals surface area contributed by atoms with Crippen LogP contribution in [0.1, 0.15) is 11.1 Å². The molecule has 2 aromatic carbocycles. The summed E-state index contributed by atoms with van der Waals surface area (Å²) in [5.74, 6) is 0. The van der Waals surface area contributed by atoms with E-state index in [2.05, 4.69) is 23.3 Å². The highest BCUT2D eigenvalue weighted by molar-refractivity contribution is 6.34. The predicted octanol–water partition coefficient (Wildman–Crippen LogP) is 5.85. The lowest BCUT2D eigenvalue weighted by molar-refractivity contribution is 1.08. The van der Waals surface area contributed by atoms with Gasteiger partial charge in [-0.2, -0.15) is 0 Å². The number of hydrogen-bond acceptors (Lipinski definition) is 0. The van der Waals surface area contributed by atoms with E-state index >= 15 is 0 Å². The van der Waals surface area contributed by atoms with Crippen molar-refractivity contribution in [3.05, 3.63) is 94.7 Å². The van der Waals surface area contributed by atoms with E-state index in [-0.39, 0.29) is 0 Å². The maximum atomic E-state index is 6.23. The number of benzene rings is 2. The minimum absolute atomic E-state index is 0.652. The summed E-state index contributed by atoms with van der Waals surface area (Å²) in [6.45, 7) is 4.14. The lowest BCUT2D eigenvalue weighted by atomic mass is 9.99. The standard InChI is InChI=1S/C18H13Cl2N/c1-13(17-12-15(19)6-9-18(17)20)14-4-7-16(8-5-14)21-10-2-3-11-21/h2-12H,1H2. The Morgan fingerprint density at radius 1 is 0.905 bits per heavy atom. The fourth-order valence-electron chi connectivity index (χ4n) is 2.23. The van der Waals surface area contributed by atoms with Crippen LogP contribution < -0.4 is 0 Å². The van der Waals surface area contributed by atoms with Crippen molar-refractivity contribution in [1.82, 2.24) is 4.57 Å². The van der Waals surface area contributed by atoms with Crippen LogP contribution in [0.25, 0.3) is 11.3 Å². The average Bonchev–Trinajstić information content (AvgIpc) is 3.03. The van der Waals surface area contributed by atoms with Crippen LogP contribution >= 0.6 is 23.2 Å². The van der Waals surface area contributed by atoms with Crippen molar-refractivity contribution in [2.24, 2.45) is 0 Å². The number of rotatable bonds is 3. The van der Waals surface area contributed by atoms with Gasteiger partial charge in [0.2, 0.25) is 0 Å². The van der Waals surface area contributed by atoms with E-state index in [1.807, 2.05) is 42.7 Å². The van der Waals surface area contributed by atoms with Crippen LogP contribution in [0, 0.1) is 0 Å². The minimum Gasteiger partial charge on any atom is -0.324 e. The summed E-state index contributed by atoms with van der Waals surface area (Å²) in [6.07, 6.45) is 4.02. The Morgan fingerprint density at radius 2 is 1.57 bits per heavy atom. The number of hydrogen-bond donors (Lipinski definition) is 0. The first kappa shape index (κ1) is 14.0. The van der Waals surface area contributed by atoms with Gasteiger partial charge in [0.05, 0.1) is 0 Å². The number of nitrogens with zero attached hydrogens (tertiary/aromatic N) is 1. The second-order valence-electron chi connectivity index (χ2n) is 4.74. The lowest BCUT2D eigenvalue weighted by Gasteiger charge is -2.10. The Labute approximate surface area is 134 Å². The largest absolute Gasteiger partial charge is 0.324 e. The lowest BCUT2D eigenvalue weighted by Crippen LogP contribution is -1.92. The van der Waals surface area contributed by atoms with E-state index < -0.39 is 0 Å². The van der Waals surface area contributed by atoms with Gasteiger partial charge in [-0.3, -0.25) is 0 Å². The molecule has 0 spiro atoms. The van der Waals surface area contributed by atoms with Crippen molar-refractivity contribution in [3.63, 3.8) is 0 Å². The van der Waals surface area contributed by atoms with E-state index in [1.54, 1.807) is 12.1 Å². The van der Waals surface area contributed by atoms with Gasteiger partial charge in [-0.25, -0.2) is 0 Å². The SMILES string of the molecule is C=C(c1ccc(-n2cccc2)cc1)c1cc(Cl)ccc1Cl. The normalized spacial score (nSPS) is 10.6. The third kappa shape index (κ3) is 2.90. The molecule has 0 atom stereocenters. The molecule has 1 aromatic heterocycles. The van der Waals surface area contributed by atoms with Gasteiger partial charge in [-0.15, -0.1) is 0 Å². The van der Waals surface area contributed by atoms with Crippen LogP contribution in [-0.2, 0) is 0 Å². The summed E-state index contributed by atoms with van der Waals surface area (Å²) in [6, 6.07) is 17.6. The molecule has 0 N–H and O–H groups in total. The zero-order valence-corrected chi connectivity index (χ0v) is 12.8. The Bertz CT molecular complexity index is 771. The maximum Gasteiger partial charge on any atom is 0.0485 e. The molecule has 0 aliphatic heterocycles. The molecule has 3 aromatic rings. The topological polar surface area (TPSA) is 4.93 Å². The first-order chi connectivity index (χ1) is 10.1. The molecule has 0 unspecified atom stereocenters. The van der Waals surface area contributed by atoms with E-state index in [9.17, 15) is 0 Å². The van der Waals surface area contributed by atoms with E-state index in [0.29, 0.717) is 10.0 Å². The average molecular weight is 314 g/mol. The summed E-state index contributed by atoms with van der Waals surface area (Å²) in [7, 11) is 0. The molecule has 1 heterocycles. The minimum atomic E-state index is 0.652. The Morgan fingerprint density at radius 3 is 2.24 bits per heavy atom. The molecule has 0 radical (unpaired) electrons. The molecule has 0 fully saturated rings. The third-order valence-corrected chi connectivity index (χ3v) is 3.94. The molecule has 0 bridgehead atoms. The van der Waals surface area contributed by atoms with Gasteiger partial charge >= 0.3 is 0 Å². The Hall–Kier alpha value is -1.96. The van der Waals surface area contributed by atoms with Crippen LogP contribution in [0.5, 0.6) is 0 Å². The van der Waals surface area contributed by atoms with Crippen molar-refractivity contribution in [1.29, 1.82) is 0 Å². The number of aromatic nitrogens is 1. The summed E-state index contributed by atoms with van der Waals surface area (Å²) < 4.78 is 2.05. The quantitative estimate of drug-likeness (QED) is 0.572. The van der Waals surface area contributed by atoms with Crippen LogP contribution in [0.3, 0.4) is 0 Å². The number of halogens is 2. The summed E-state index contributed by atoms with van der Waals surface area (Å²) in [4.78, 5) is 0. The maximum absolute atomic E-state index is 6.23. The zero-order chi connectivity index (χ0) is 14.8. The molecule has 0 saturated carbocycles. The molecule has 0 aliphatic rings. The second kappa shape index (κ2) is 5.80. The summed E-state index contributed by atoms with van der Waals surface area (Å²) in [5, 5.41) is 1.30. The highest BCUT2D eigenvalue weighted by atomic mass is 35.5. The molecule has 1 nitrogen and oxygen atoms in total. The monoisotopic (exact) mass is 313 g/mol. The van der Waals surface area contributed by atoms with Gasteiger partial charge in [0.15, 0.2) is 0 Å². The zero-order valence-electron chi connectivity index (χ0n) is 11.3. The molecule has 0 aliphatic carbocycles. The van der Waals surface area contributed by atoms with E-state index in [0.717, 1.165) is 22.4 Å². The van der Waals surface area contributed by atoms with Gasteiger partial charge in [-0.05, 0) is 53.6 Å². The summed E-state index contributed by atoms with van der Waals surface area (Å²) >= 11 is 12.3. The van der Waals surface area contributed by atoms with Gasteiger partial charge in [0.25, 0.3) is 0 Å². The molecule has 0 amide bonds. The van der Waals surface area contributed by atoms with Crippen molar-refractivity contribution in [3.8, 4) is 5.69 Å². The molecule has 21 heavy (non-hydrogen) atoms. The molecular formula is C18H13Cl2N. The third-order valence-electron chi connectivity index (χ3n) is 3.37. The van der Waals surface area contributed by atoms with Crippen LogP contribution in [0.15, 0.2) is 73.6 Å². The van der Waals surface area contributed by atoms with Gasteiger partial charge in [0, 0.05) is 33.7 Å². The highest BCUT2D eigenvalue weighted by Crippen LogP contribution is 2.30. The molecular weight excluding hydrogens is 301 g/mol. The predicted molar refractivity (Wildman–Crippen MR) is 90.4 cm³/mol. The van der Waals surface area contributed by atoms with E-state index in [4.69, 9.17) is 23.2 Å². The summed E-state index contributed by atoms with van der Waals surface area (Å²) in [5.41, 5.74) is 3.85. The second-order valence-corrected chi connectivity index (χ2v) is 5.58. The highest BCUT2D eigenvalue weighted by Gasteiger charge is 2.08. The Kier molecular flexibility index (Phi) is 3.87. The van der Waals surface area contributed by atoms with Gasteiger partial charge in [-0.1, -0.05) is 41.9 Å². The van der Waals surface area contributed by atoms with Crippen LogP contribution in [-0.4, -0.2) is 4.57 Å².